The average Bonchev–Trinajstić information content (AvgIpc) is 2.45. The summed E-state index contributed by atoms with van der Waals surface area (Å²) in [4.78, 5) is 23.5. The van der Waals surface area contributed by atoms with E-state index < -0.39 is 6.04 Å². The molecule has 0 aromatic heterocycles. The summed E-state index contributed by atoms with van der Waals surface area (Å²) in [6.07, 6.45) is 0.0691. The monoisotopic (exact) mass is 420 g/mol. The van der Waals surface area contributed by atoms with Gasteiger partial charge in [-0.25, -0.2) is 0 Å². The average molecular weight is 422 g/mol. The van der Waals surface area contributed by atoms with Crippen molar-refractivity contribution >= 4 is 40.2 Å². The summed E-state index contributed by atoms with van der Waals surface area (Å²) in [6.45, 7) is 8.26. The summed E-state index contributed by atoms with van der Waals surface area (Å²) in [5.74, 6) is -0.663. The molecule has 1 aromatic carbocycles. The maximum atomic E-state index is 11.8. The largest absolute Gasteiger partial charge is 0.466 e. The lowest BCUT2D eigenvalue weighted by Gasteiger charge is -2.24. The van der Waals surface area contributed by atoms with E-state index in [0.717, 1.165) is 15.6 Å². The van der Waals surface area contributed by atoms with Crippen molar-refractivity contribution in [2.24, 2.45) is 5.73 Å². The minimum Gasteiger partial charge on any atom is -0.466 e. The molecule has 0 radical (unpaired) electrons. The van der Waals surface area contributed by atoms with Gasteiger partial charge >= 0.3 is 5.97 Å². The van der Waals surface area contributed by atoms with Gasteiger partial charge in [0.15, 0.2) is 0 Å². The zero-order valence-corrected chi connectivity index (χ0v) is 16.9. The Labute approximate surface area is 158 Å². The van der Waals surface area contributed by atoms with Crippen molar-refractivity contribution in [1.82, 2.24) is 5.32 Å². The molecule has 1 aromatic rings. The second-order valence-corrected chi connectivity index (χ2v) is 7.27. The number of ether oxygens (including phenoxy) is 1. The molecule has 1 unspecified atom stereocenters. The van der Waals surface area contributed by atoms with Gasteiger partial charge in [0.25, 0.3) is 0 Å². The van der Waals surface area contributed by atoms with Gasteiger partial charge in [0.05, 0.1) is 25.6 Å². The van der Waals surface area contributed by atoms with Crippen LogP contribution in [0.1, 0.15) is 51.3 Å². The zero-order chi connectivity index (χ0) is 17.6. The summed E-state index contributed by atoms with van der Waals surface area (Å²) in [5.41, 5.74) is 7.28. The number of esters is 1. The first-order chi connectivity index (χ1) is 10.7. The van der Waals surface area contributed by atoms with Crippen LogP contribution in [0.4, 0.5) is 0 Å². The van der Waals surface area contributed by atoms with Gasteiger partial charge in [-0.05, 0) is 35.6 Å². The van der Waals surface area contributed by atoms with Crippen molar-refractivity contribution < 1.29 is 14.3 Å². The molecular formula is C17H26BrClN2O3. The maximum absolute atomic E-state index is 11.8. The Kier molecular flexibility index (Phi) is 9.55. The summed E-state index contributed by atoms with van der Waals surface area (Å²) >= 11 is 3.50. The highest BCUT2D eigenvalue weighted by molar-refractivity contribution is 9.10. The number of rotatable bonds is 6. The standard InChI is InChI=1S/C17H25BrN2O3.ClH/c1-5-23-16(22)9-14(20-15(21)10-19)11-6-12(17(2,3)4)8-13(18)7-11;/h6-8,14H,5,9-10,19H2,1-4H3,(H,20,21);1H. The first-order valence-corrected chi connectivity index (χ1v) is 8.42. The molecule has 24 heavy (non-hydrogen) atoms. The Morgan fingerprint density at radius 1 is 1.29 bits per heavy atom. The number of carbonyl (C=O) groups is 2. The Bertz CT molecular complexity index is 573. The fourth-order valence-electron chi connectivity index (χ4n) is 2.14. The first kappa shape index (κ1) is 22.9. The minimum absolute atomic E-state index is 0. The third kappa shape index (κ3) is 7.20. The van der Waals surface area contributed by atoms with Gasteiger partial charge in [-0.1, -0.05) is 42.8 Å². The highest BCUT2D eigenvalue weighted by Crippen LogP contribution is 2.30. The Morgan fingerprint density at radius 3 is 2.42 bits per heavy atom. The van der Waals surface area contributed by atoms with Crippen molar-refractivity contribution in [1.29, 1.82) is 0 Å². The molecule has 1 amide bonds. The highest BCUT2D eigenvalue weighted by atomic mass is 79.9. The van der Waals surface area contributed by atoms with Crippen LogP contribution in [0, 0.1) is 0 Å². The number of carbonyl (C=O) groups excluding carboxylic acids is 2. The lowest BCUT2D eigenvalue weighted by molar-refractivity contribution is -0.143. The third-order valence-electron chi connectivity index (χ3n) is 3.39. The Morgan fingerprint density at radius 2 is 1.92 bits per heavy atom. The van der Waals surface area contributed by atoms with E-state index in [-0.39, 0.29) is 42.7 Å². The molecule has 0 spiro atoms. The zero-order valence-electron chi connectivity index (χ0n) is 14.5. The van der Waals surface area contributed by atoms with Gasteiger partial charge in [-0.15, -0.1) is 12.4 Å². The topological polar surface area (TPSA) is 81.4 Å². The molecule has 0 bridgehead atoms. The molecule has 0 aliphatic heterocycles. The van der Waals surface area contributed by atoms with Crippen molar-refractivity contribution in [2.45, 2.75) is 45.6 Å². The molecule has 1 rings (SSSR count). The summed E-state index contributed by atoms with van der Waals surface area (Å²) in [7, 11) is 0. The van der Waals surface area contributed by atoms with Crippen LogP contribution < -0.4 is 11.1 Å². The van der Waals surface area contributed by atoms with Crippen LogP contribution in [0.2, 0.25) is 0 Å². The predicted molar refractivity (Wildman–Crippen MR) is 101 cm³/mol. The molecule has 5 nitrogen and oxygen atoms in total. The van der Waals surface area contributed by atoms with Gasteiger partial charge in [0, 0.05) is 4.47 Å². The lowest BCUT2D eigenvalue weighted by atomic mass is 9.85. The number of nitrogens with two attached hydrogens (primary N) is 1. The molecule has 0 saturated heterocycles. The van der Waals surface area contributed by atoms with Crippen LogP contribution in [-0.4, -0.2) is 25.0 Å². The number of hydrogen-bond donors (Lipinski definition) is 2. The van der Waals surface area contributed by atoms with E-state index in [1.807, 2.05) is 18.2 Å². The molecule has 0 aliphatic carbocycles. The van der Waals surface area contributed by atoms with E-state index in [0.29, 0.717) is 6.61 Å². The highest BCUT2D eigenvalue weighted by Gasteiger charge is 2.22. The number of hydrogen-bond acceptors (Lipinski definition) is 4. The molecule has 0 saturated carbocycles. The summed E-state index contributed by atoms with van der Waals surface area (Å²) < 4.78 is 5.90. The van der Waals surface area contributed by atoms with E-state index in [4.69, 9.17) is 10.5 Å². The number of nitrogens with one attached hydrogen (secondary N) is 1. The van der Waals surface area contributed by atoms with Crippen molar-refractivity contribution in [3.8, 4) is 0 Å². The second-order valence-electron chi connectivity index (χ2n) is 6.36. The molecule has 0 fully saturated rings. The van der Waals surface area contributed by atoms with Gasteiger partial charge < -0.3 is 15.8 Å². The van der Waals surface area contributed by atoms with E-state index in [1.165, 1.54) is 0 Å². The van der Waals surface area contributed by atoms with E-state index in [1.54, 1.807) is 6.92 Å². The van der Waals surface area contributed by atoms with Crippen molar-refractivity contribution in [2.75, 3.05) is 13.2 Å². The second kappa shape index (κ2) is 10.0. The fourth-order valence-corrected chi connectivity index (χ4v) is 2.65. The Hall–Kier alpha value is -1.11. The third-order valence-corrected chi connectivity index (χ3v) is 3.84. The molecule has 0 aliphatic rings. The maximum Gasteiger partial charge on any atom is 0.308 e. The summed E-state index contributed by atoms with van der Waals surface area (Å²) in [6, 6.07) is 5.47. The summed E-state index contributed by atoms with van der Waals surface area (Å²) in [5, 5.41) is 2.79. The fraction of sp³-hybridized carbons (Fsp3) is 0.529. The molecule has 136 valence electrons. The van der Waals surface area contributed by atoms with Crippen LogP contribution in [0.15, 0.2) is 22.7 Å². The predicted octanol–water partition coefficient (Wildman–Crippen LogP) is 3.24. The van der Waals surface area contributed by atoms with Crippen LogP contribution >= 0.6 is 28.3 Å². The first-order valence-electron chi connectivity index (χ1n) is 7.63. The molecular weight excluding hydrogens is 396 g/mol. The van der Waals surface area contributed by atoms with Gasteiger partial charge in [-0.2, -0.15) is 0 Å². The van der Waals surface area contributed by atoms with Crippen LogP contribution in [0.5, 0.6) is 0 Å². The van der Waals surface area contributed by atoms with Crippen LogP contribution in [0.3, 0.4) is 0 Å². The lowest BCUT2D eigenvalue weighted by Crippen LogP contribution is -2.35. The van der Waals surface area contributed by atoms with Crippen LogP contribution in [-0.2, 0) is 19.7 Å². The molecule has 0 heterocycles. The van der Waals surface area contributed by atoms with E-state index in [9.17, 15) is 9.59 Å². The minimum atomic E-state index is -0.469. The molecule has 7 heteroatoms. The number of amides is 1. The van der Waals surface area contributed by atoms with Gasteiger partial charge in [-0.3, -0.25) is 9.59 Å². The van der Waals surface area contributed by atoms with Crippen molar-refractivity contribution in [3.05, 3.63) is 33.8 Å². The number of halogens is 2. The molecule has 1 atom stereocenters. The van der Waals surface area contributed by atoms with Crippen molar-refractivity contribution in [3.63, 3.8) is 0 Å². The normalized spacial score (nSPS) is 12.1. The smallest absolute Gasteiger partial charge is 0.308 e. The quantitative estimate of drug-likeness (QED) is 0.691. The Balaban J connectivity index is 0.00000529. The van der Waals surface area contributed by atoms with E-state index >= 15 is 0 Å². The number of benzene rings is 1. The van der Waals surface area contributed by atoms with Crippen LogP contribution in [0.25, 0.3) is 0 Å². The molecule has 3 N–H and O–H groups in total. The van der Waals surface area contributed by atoms with Gasteiger partial charge in [0.1, 0.15) is 0 Å². The van der Waals surface area contributed by atoms with E-state index in [2.05, 4.69) is 42.0 Å². The van der Waals surface area contributed by atoms with Gasteiger partial charge in [0.2, 0.25) is 5.91 Å². The SMILES string of the molecule is CCOC(=O)CC(NC(=O)CN)c1cc(Br)cc(C(C)(C)C)c1.Cl.